The predicted molar refractivity (Wildman–Crippen MR) is 97.8 cm³/mol. The average Bonchev–Trinajstić information content (AvgIpc) is 2.53. The van der Waals surface area contributed by atoms with Gasteiger partial charge < -0.3 is 9.84 Å². The molecule has 0 aromatic carbocycles. The third-order valence-electron chi connectivity index (χ3n) is 4.27. The van der Waals surface area contributed by atoms with E-state index in [0.717, 1.165) is 6.61 Å². The van der Waals surface area contributed by atoms with Gasteiger partial charge >= 0.3 is 0 Å². The monoisotopic (exact) mass is 334 g/mol. The van der Waals surface area contributed by atoms with Crippen molar-refractivity contribution >= 4 is 11.6 Å². The number of hydrogen-bond donors (Lipinski definition) is 1. The third-order valence-corrected chi connectivity index (χ3v) is 4.63. The van der Waals surface area contributed by atoms with E-state index in [2.05, 4.69) is 13.8 Å². The molecule has 0 aliphatic heterocycles. The fourth-order valence-electron chi connectivity index (χ4n) is 2.80. The molecule has 0 amide bonds. The summed E-state index contributed by atoms with van der Waals surface area (Å²) in [5, 5.41) is 9.46. The standard InChI is InChI=1S/C19H39ClO2/c1-3-5-7-9-10-12-14-18(13-11-8-6-4-2)16-22-17-19(21)15-20/h18-19,21H,3-17H2,1-2H3/t18-,19+/m0/s1. The maximum atomic E-state index is 9.46. The van der Waals surface area contributed by atoms with Gasteiger partial charge in [0.05, 0.1) is 18.6 Å². The van der Waals surface area contributed by atoms with Crippen molar-refractivity contribution in [2.75, 3.05) is 19.1 Å². The normalized spacial score (nSPS) is 14.2. The summed E-state index contributed by atoms with van der Waals surface area (Å²) in [4.78, 5) is 0. The number of aliphatic hydroxyl groups is 1. The number of hydrogen-bond acceptors (Lipinski definition) is 2. The molecule has 0 heterocycles. The third kappa shape index (κ3) is 15.1. The summed E-state index contributed by atoms with van der Waals surface area (Å²) in [6.45, 7) is 5.68. The Bertz CT molecular complexity index is 212. The first-order valence-electron chi connectivity index (χ1n) is 9.56. The van der Waals surface area contributed by atoms with Crippen LogP contribution in [0.1, 0.15) is 90.9 Å². The van der Waals surface area contributed by atoms with Crippen LogP contribution in [-0.4, -0.2) is 30.3 Å². The molecule has 2 nitrogen and oxygen atoms in total. The molecule has 134 valence electrons. The number of halogens is 1. The summed E-state index contributed by atoms with van der Waals surface area (Å²) in [6, 6.07) is 0. The summed E-state index contributed by atoms with van der Waals surface area (Å²) in [6.07, 6.45) is 15.5. The molecule has 0 bridgehead atoms. The van der Waals surface area contributed by atoms with Crippen LogP contribution in [0.3, 0.4) is 0 Å². The van der Waals surface area contributed by atoms with Crippen molar-refractivity contribution in [3.63, 3.8) is 0 Å². The lowest BCUT2D eigenvalue weighted by molar-refractivity contribution is 0.0269. The highest BCUT2D eigenvalue weighted by Gasteiger charge is 2.10. The lowest BCUT2D eigenvalue weighted by Crippen LogP contribution is -2.20. The van der Waals surface area contributed by atoms with Gasteiger partial charge in [0.1, 0.15) is 0 Å². The molecule has 3 heteroatoms. The van der Waals surface area contributed by atoms with Crippen LogP contribution >= 0.6 is 11.6 Å². The molecular weight excluding hydrogens is 296 g/mol. The lowest BCUT2D eigenvalue weighted by atomic mass is 9.95. The quantitative estimate of drug-likeness (QED) is 0.263. The zero-order valence-corrected chi connectivity index (χ0v) is 15.8. The fraction of sp³-hybridized carbons (Fsp3) is 1.00. The molecule has 0 aromatic rings. The number of alkyl halides is 1. The van der Waals surface area contributed by atoms with E-state index in [1.807, 2.05) is 0 Å². The number of unbranched alkanes of at least 4 members (excludes halogenated alkanes) is 8. The Morgan fingerprint density at radius 2 is 1.27 bits per heavy atom. The van der Waals surface area contributed by atoms with E-state index in [9.17, 15) is 5.11 Å². The van der Waals surface area contributed by atoms with E-state index in [1.54, 1.807) is 0 Å². The summed E-state index contributed by atoms with van der Waals surface area (Å²) < 4.78 is 5.67. The van der Waals surface area contributed by atoms with Gasteiger partial charge in [-0.25, -0.2) is 0 Å². The number of aliphatic hydroxyl groups excluding tert-OH is 1. The maximum absolute atomic E-state index is 9.46. The van der Waals surface area contributed by atoms with Gasteiger partial charge in [-0.2, -0.15) is 0 Å². The van der Waals surface area contributed by atoms with E-state index < -0.39 is 6.10 Å². The van der Waals surface area contributed by atoms with Crippen LogP contribution in [0.15, 0.2) is 0 Å². The van der Waals surface area contributed by atoms with Crippen LogP contribution in [0.25, 0.3) is 0 Å². The zero-order valence-electron chi connectivity index (χ0n) is 15.0. The Kier molecular flexibility index (Phi) is 17.7. The minimum atomic E-state index is -0.517. The van der Waals surface area contributed by atoms with Gasteiger partial charge in [0.15, 0.2) is 0 Å². The molecule has 0 rings (SSSR count). The largest absolute Gasteiger partial charge is 0.389 e. The summed E-state index contributed by atoms with van der Waals surface area (Å²) in [5.41, 5.74) is 0. The van der Waals surface area contributed by atoms with Crippen molar-refractivity contribution in [3.8, 4) is 0 Å². The molecule has 0 aliphatic rings. The summed E-state index contributed by atoms with van der Waals surface area (Å²) in [7, 11) is 0. The molecule has 0 unspecified atom stereocenters. The second-order valence-electron chi connectivity index (χ2n) is 6.62. The van der Waals surface area contributed by atoms with Crippen LogP contribution in [-0.2, 0) is 4.74 Å². The highest BCUT2D eigenvalue weighted by atomic mass is 35.5. The molecular formula is C19H39ClO2. The Labute approximate surface area is 144 Å². The summed E-state index contributed by atoms with van der Waals surface area (Å²) in [5.74, 6) is 0.920. The number of rotatable bonds is 17. The smallest absolute Gasteiger partial charge is 0.0908 e. The first-order chi connectivity index (χ1) is 10.7. The molecule has 2 atom stereocenters. The molecule has 22 heavy (non-hydrogen) atoms. The molecule has 0 fully saturated rings. The fourth-order valence-corrected chi connectivity index (χ4v) is 2.89. The Balaban J connectivity index is 3.79. The van der Waals surface area contributed by atoms with Crippen LogP contribution in [0, 0.1) is 5.92 Å². The molecule has 1 N–H and O–H groups in total. The molecule has 0 saturated heterocycles. The van der Waals surface area contributed by atoms with Gasteiger partial charge in [-0.15, -0.1) is 11.6 Å². The average molecular weight is 335 g/mol. The maximum Gasteiger partial charge on any atom is 0.0908 e. The van der Waals surface area contributed by atoms with Gasteiger partial charge in [-0.05, 0) is 18.8 Å². The topological polar surface area (TPSA) is 29.5 Å². The van der Waals surface area contributed by atoms with E-state index in [-0.39, 0.29) is 5.88 Å². The van der Waals surface area contributed by atoms with Gasteiger partial charge in [-0.1, -0.05) is 78.1 Å². The van der Waals surface area contributed by atoms with E-state index in [4.69, 9.17) is 16.3 Å². The Hall–Kier alpha value is 0.210. The zero-order chi connectivity index (χ0) is 16.5. The highest BCUT2D eigenvalue weighted by molar-refractivity contribution is 6.18. The van der Waals surface area contributed by atoms with Crippen molar-refractivity contribution in [3.05, 3.63) is 0 Å². The van der Waals surface area contributed by atoms with Crippen molar-refractivity contribution < 1.29 is 9.84 Å². The molecule has 0 aliphatic carbocycles. The Morgan fingerprint density at radius 1 is 0.773 bits per heavy atom. The molecule has 0 saturated carbocycles. The predicted octanol–water partition coefficient (Wildman–Crippen LogP) is 5.94. The van der Waals surface area contributed by atoms with Crippen molar-refractivity contribution in [2.24, 2.45) is 5.92 Å². The van der Waals surface area contributed by atoms with Gasteiger partial charge in [-0.3, -0.25) is 0 Å². The molecule has 0 spiro atoms. The molecule has 0 aromatic heterocycles. The second-order valence-corrected chi connectivity index (χ2v) is 6.93. The van der Waals surface area contributed by atoms with Crippen molar-refractivity contribution in [2.45, 2.75) is 97.0 Å². The van der Waals surface area contributed by atoms with Gasteiger partial charge in [0.2, 0.25) is 0 Å². The first-order valence-corrected chi connectivity index (χ1v) is 10.1. The van der Waals surface area contributed by atoms with E-state index in [1.165, 1.54) is 77.0 Å². The van der Waals surface area contributed by atoms with Crippen LogP contribution < -0.4 is 0 Å². The number of ether oxygens (including phenoxy) is 1. The van der Waals surface area contributed by atoms with E-state index >= 15 is 0 Å². The van der Waals surface area contributed by atoms with Crippen molar-refractivity contribution in [1.82, 2.24) is 0 Å². The molecule has 0 radical (unpaired) electrons. The van der Waals surface area contributed by atoms with Crippen LogP contribution in [0.5, 0.6) is 0 Å². The lowest BCUT2D eigenvalue weighted by Gasteiger charge is -2.18. The minimum Gasteiger partial charge on any atom is -0.389 e. The van der Waals surface area contributed by atoms with Crippen LogP contribution in [0.4, 0.5) is 0 Å². The highest BCUT2D eigenvalue weighted by Crippen LogP contribution is 2.19. The second kappa shape index (κ2) is 17.6. The van der Waals surface area contributed by atoms with Gasteiger partial charge in [0.25, 0.3) is 0 Å². The first kappa shape index (κ1) is 22.2. The SMILES string of the molecule is CCCCCCCC[C@H](CCCCCC)COC[C@H](O)CCl. The van der Waals surface area contributed by atoms with Gasteiger partial charge in [0, 0.05) is 6.61 Å². The van der Waals surface area contributed by atoms with E-state index in [0.29, 0.717) is 12.5 Å². The van der Waals surface area contributed by atoms with Crippen molar-refractivity contribution in [1.29, 1.82) is 0 Å². The van der Waals surface area contributed by atoms with Crippen LogP contribution in [0.2, 0.25) is 0 Å². The Morgan fingerprint density at radius 3 is 1.82 bits per heavy atom. The summed E-state index contributed by atoms with van der Waals surface area (Å²) >= 11 is 5.60. The minimum absolute atomic E-state index is 0.262.